The minimum absolute atomic E-state index is 0.0400. The van der Waals surface area contributed by atoms with Crippen LogP contribution in [0, 0.1) is 0 Å². The van der Waals surface area contributed by atoms with Gasteiger partial charge in [0.25, 0.3) is 0 Å². The molecule has 0 spiro atoms. The van der Waals surface area contributed by atoms with Gasteiger partial charge in [-0.2, -0.15) is 0 Å². The van der Waals surface area contributed by atoms with Crippen molar-refractivity contribution >= 4 is 28.2 Å². The van der Waals surface area contributed by atoms with E-state index in [0.29, 0.717) is 11.8 Å². The Morgan fingerprint density at radius 3 is 2.50 bits per heavy atom. The largest absolute Gasteiger partial charge is 0.252 e. The van der Waals surface area contributed by atoms with Gasteiger partial charge in [0.15, 0.2) is 0 Å². The highest BCUT2D eigenvalue weighted by Gasteiger charge is 2.50. The standard InChI is InChI=1S/C39H31N/c1-39(2)33-16-9-15-29(34-17-8-7-14-27-24-11-4-3-10-23(24)18-21-35(27)40-34)36(33)30-20-19-28-25-12-5-6-13-26(25)31-22-32(31)37(28)38(30)39/h3-7,9-16,18-21,31-32H,8,17,22H2,1-2H3/b14-7-,40-34+. The number of allylic oxidation sites excluding steroid dienone is 1. The van der Waals surface area contributed by atoms with Gasteiger partial charge in [0.1, 0.15) is 0 Å². The van der Waals surface area contributed by atoms with Crippen molar-refractivity contribution in [3.05, 3.63) is 130 Å². The molecule has 0 amide bonds. The molecule has 40 heavy (non-hydrogen) atoms. The van der Waals surface area contributed by atoms with E-state index in [1.54, 1.807) is 16.7 Å². The van der Waals surface area contributed by atoms with Crippen LogP contribution in [-0.2, 0) is 5.41 Å². The average molecular weight is 514 g/mol. The number of nitrogens with zero attached hydrogens (tertiary/aromatic N) is 1. The predicted molar refractivity (Wildman–Crippen MR) is 168 cm³/mol. The molecule has 0 aromatic heterocycles. The summed E-state index contributed by atoms with van der Waals surface area (Å²) in [6.07, 6.45) is 7.83. The summed E-state index contributed by atoms with van der Waals surface area (Å²) in [5, 5.41) is 2.54. The molecule has 5 aromatic rings. The zero-order chi connectivity index (χ0) is 26.6. The van der Waals surface area contributed by atoms with E-state index < -0.39 is 0 Å². The van der Waals surface area contributed by atoms with Crippen LogP contribution in [0.4, 0.5) is 5.69 Å². The lowest BCUT2D eigenvalue weighted by Gasteiger charge is -2.29. The van der Waals surface area contributed by atoms with Crippen LogP contribution in [-0.4, -0.2) is 5.71 Å². The summed E-state index contributed by atoms with van der Waals surface area (Å²) < 4.78 is 0. The molecule has 2 atom stereocenters. The molecule has 2 unspecified atom stereocenters. The van der Waals surface area contributed by atoms with Crippen LogP contribution in [0.5, 0.6) is 0 Å². The monoisotopic (exact) mass is 513 g/mol. The number of hydrogen-bond acceptors (Lipinski definition) is 1. The SMILES string of the molecule is CC1(C)c2cccc(/C3=N/c4ccc5ccccc5c4/C=C\CC3)c2-c2ccc3c(c21)C1CC1c1ccccc1-3. The first-order valence-corrected chi connectivity index (χ1v) is 14.8. The van der Waals surface area contributed by atoms with Crippen molar-refractivity contribution in [2.24, 2.45) is 4.99 Å². The fraction of sp³-hybridized carbons (Fsp3) is 0.205. The molecule has 0 saturated heterocycles. The molecule has 0 N–H and O–H groups in total. The highest BCUT2D eigenvalue weighted by molar-refractivity contribution is 6.11. The normalized spacial score (nSPS) is 22.8. The van der Waals surface area contributed by atoms with Gasteiger partial charge < -0.3 is 0 Å². The maximum atomic E-state index is 5.42. The summed E-state index contributed by atoms with van der Waals surface area (Å²) in [6.45, 7) is 4.90. The number of aliphatic imine (C=N–C) groups is 1. The molecule has 0 radical (unpaired) electrons. The lowest BCUT2D eigenvalue weighted by molar-refractivity contribution is 0.650. The van der Waals surface area contributed by atoms with Crippen molar-refractivity contribution in [2.45, 2.75) is 50.4 Å². The van der Waals surface area contributed by atoms with Gasteiger partial charge in [0.2, 0.25) is 0 Å². The van der Waals surface area contributed by atoms with Crippen molar-refractivity contribution in [1.29, 1.82) is 0 Å². The molecule has 3 aliphatic carbocycles. The predicted octanol–water partition coefficient (Wildman–Crippen LogP) is 10.3. The van der Waals surface area contributed by atoms with Gasteiger partial charge in [-0.05, 0) is 92.4 Å². The second kappa shape index (κ2) is 7.92. The summed E-state index contributed by atoms with van der Waals surface area (Å²) in [5.74, 6) is 1.34. The van der Waals surface area contributed by atoms with Gasteiger partial charge in [-0.15, -0.1) is 0 Å². The molecule has 192 valence electrons. The lowest BCUT2D eigenvalue weighted by Crippen LogP contribution is -2.19. The van der Waals surface area contributed by atoms with Crippen LogP contribution in [0.1, 0.15) is 78.3 Å². The van der Waals surface area contributed by atoms with Crippen molar-refractivity contribution in [3.8, 4) is 22.3 Å². The maximum absolute atomic E-state index is 5.42. The first kappa shape index (κ1) is 22.6. The Kier molecular flexibility index (Phi) is 4.47. The van der Waals surface area contributed by atoms with Crippen LogP contribution >= 0.6 is 0 Å². The minimum atomic E-state index is -0.0400. The van der Waals surface area contributed by atoms with Crippen molar-refractivity contribution in [1.82, 2.24) is 0 Å². The van der Waals surface area contributed by atoms with E-state index in [1.165, 1.54) is 61.8 Å². The summed E-state index contributed by atoms with van der Waals surface area (Å²) in [7, 11) is 0. The van der Waals surface area contributed by atoms with Crippen LogP contribution in [0.25, 0.3) is 39.1 Å². The van der Waals surface area contributed by atoms with Gasteiger partial charge in [-0.25, -0.2) is 0 Å². The van der Waals surface area contributed by atoms with E-state index in [1.807, 2.05) is 0 Å². The Bertz CT molecular complexity index is 1970. The molecule has 1 heteroatoms. The third kappa shape index (κ3) is 2.96. The van der Waals surface area contributed by atoms with Crippen LogP contribution in [0.15, 0.2) is 102 Å². The Hall–Kier alpha value is -4.23. The average Bonchev–Trinajstić information content (AvgIpc) is 3.74. The minimum Gasteiger partial charge on any atom is -0.252 e. The molecule has 9 rings (SSSR count). The zero-order valence-electron chi connectivity index (χ0n) is 23.0. The van der Waals surface area contributed by atoms with Gasteiger partial charge in [-0.1, -0.05) is 111 Å². The molecule has 4 aliphatic rings. The molecule has 0 bridgehead atoms. The summed E-state index contributed by atoms with van der Waals surface area (Å²) >= 11 is 0. The number of hydrogen-bond donors (Lipinski definition) is 0. The maximum Gasteiger partial charge on any atom is 0.0711 e. The second-order valence-electron chi connectivity index (χ2n) is 12.6. The first-order chi connectivity index (χ1) is 19.6. The number of fused-ring (bicyclic) bond motifs is 13. The zero-order valence-corrected chi connectivity index (χ0v) is 23.0. The van der Waals surface area contributed by atoms with E-state index in [4.69, 9.17) is 4.99 Å². The van der Waals surface area contributed by atoms with Crippen LogP contribution in [0.3, 0.4) is 0 Å². The molecule has 1 nitrogen and oxygen atoms in total. The van der Waals surface area contributed by atoms with E-state index in [2.05, 4.69) is 117 Å². The smallest absolute Gasteiger partial charge is 0.0711 e. The molecule has 1 saturated carbocycles. The van der Waals surface area contributed by atoms with Gasteiger partial charge in [-0.3, -0.25) is 4.99 Å². The van der Waals surface area contributed by atoms with Crippen LogP contribution in [0.2, 0.25) is 0 Å². The molecule has 1 aliphatic heterocycles. The molecule has 5 aromatic carbocycles. The second-order valence-corrected chi connectivity index (χ2v) is 12.6. The fourth-order valence-corrected chi connectivity index (χ4v) is 8.16. The fourth-order valence-electron chi connectivity index (χ4n) is 8.16. The van der Waals surface area contributed by atoms with E-state index in [-0.39, 0.29) is 5.41 Å². The van der Waals surface area contributed by atoms with Crippen LogP contribution < -0.4 is 0 Å². The molecule has 1 heterocycles. The Morgan fingerprint density at radius 2 is 1.55 bits per heavy atom. The topological polar surface area (TPSA) is 12.4 Å². The quantitative estimate of drug-likeness (QED) is 0.211. The van der Waals surface area contributed by atoms with E-state index in [0.717, 1.165) is 18.5 Å². The van der Waals surface area contributed by atoms with E-state index in [9.17, 15) is 0 Å². The summed E-state index contributed by atoms with van der Waals surface area (Å²) in [5.41, 5.74) is 16.7. The summed E-state index contributed by atoms with van der Waals surface area (Å²) in [6, 6.07) is 34.0. The van der Waals surface area contributed by atoms with Crippen molar-refractivity contribution < 1.29 is 0 Å². The Balaban J connectivity index is 1.27. The Morgan fingerprint density at radius 1 is 0.725 bits per heavy atom. The number of benzene rings is 5. The number of rotatable bonds is 1. The van der Waals surface area contributed by atoms with E-state index >= 15 is 0 Å². The third-order valence-electron chi connectivity index (χ3n) is 10.0. The summed E-state index contributed by atoms with van der Waals surface area (Å²) in [4.78, 5) is 5.42. The third-order valence-corrected chi connectivity index (χ3v) is 10.0. The van der Waals surface area contributed by atoms with Gasteiger partial charge in [0.05, 0.1) is 5.69 Å². The molecule has 1 fully saturated rings. The molecular weight excluding hydrogens is 482 g/mol. The lowest BCUT2D eigenvalue weighted by atomic mass is 9.74. The van der Waals surface area contributed by atoms with Crippen molar-refractivity contribution in [2.75, 3.05) is 0 Å². The van der Waals surface area contributed by atoms with Gasteiger partial charge in [0, 0.05) is 22.3 Å². The molecular formula is C39H31N. The highest BCUT2D eigenvalue weighted by atomic mass is 14.8. The highest BCUT2D eigenvalue weighted by Crippen LogP contribution is 2.66. The van der Waals surface area contributed by atoms with Gasteiger partial charge >= 0.3 is 0 Å². The van der Waals surface area contributed by atoms with Crippen molar-refractivity contribution in [3.63, 3.8) is 0 Å². The Labute approximate surface area is 235 Å². The first-order valence-electron chi connectivity index (χ1n) is 14.8.